The summed E-state index contributed by atoms with van der Waals surface area (Å²) >= 11 is 0. The van der Waals surface area contributed by atoms with Crippen molar-refractivity contribution in [2.45, 2.75) is 12.8 Å². The molecule has 0 spiro atoms. The molecule has 1 aliphatic rings. The molecule has 1 saturated heterocycles. The highest BCUT2D eigenvalue weighted by Crippen LogP contribution is 2.29. The highest BCUT2D eigenvalue weighted by Gasteiger charge is 2.26. The average Bonchev–Trinajstić information content (AvgIpc) is 2.29. The molecule has 6 heteroatoms. The smallest absolute Gasteiger partial charge is 0.185 e. The zero-order chi connectivity index (χ0) is 12.6. The molecule has 92 valence electrons. The SMILES string of the molecule is O=C1CCN(c2c(F)c(F)cc(F)c2F)CC1. The van der Waals surface area contributed by atoms with Gasteiger partial charge in [0, 0.05) is 32.0 Å². The molecule has 1 fully saturated rings. The number of rotatable bonds is 1. The van der Waals surface area contributed by atoms with Crippen molar-refractivity contribution < 1.29 is 22.4 Å². The molecule has 0 atom stereocenters. The first kappa shape index (κ1) is 11.9. The van der Waals surface area contributed by atoms with E-state index in [2.05, 4.69) is 0 Å². The zero-order valence-corrected chi connectivity index (χ0v) is 8.77. The van der Waals surface area contributed by atoms with Gasteiger partial charge < -0.3 is 4.90 Å². The quantitative estimate of drug-likeness (QED) is 0.561. The fourth-order valence-electron chi connectivity index (χ4n) is 1.82. The van der Waals surface area contributed by atoms with Gasteiger partial charge in [0.2, 0.25) is 0 Å². The van der Waals surface area contributed by atoms with Gasteiger partial charge in [-0.25, -0.2) is 17.6 Å². The highest BCUT2D eigenvalue weighted by molar-refractivity contribution is 5.81. The molecule has 1 aromatic carbocycles. The molecule has 0 aromatic heterocycles. The second-order valence-corrected chi connectivity index (χ2v) is 3.84. The Morgan fingerprint density at radius 2 is 1.41 bits per heavy atom. The molecule has 17 heavy (non-hydrogen) atoms. The van der Waals surface area contributed by atoms with E-state index in [0.29, 0.717) is 0 Å². The molecule has 0 unspecified atom stereocenters. The maximum atomic E-state index is 13.4. The van der Waals surface area contributed by atoms with Crippen LogP contribution in [0.1, 0.15) is 12.8 Å². The van der Waals surface area contributed by atoms with Gasteiger partial charge in [-0.15, -0.1) is 0 Å². The predicted molar refractivity (Wildman–Crippen MR) is 52.7 cm³/mol. The number of piperidine rings is 1. The van der Waals surface area contributed by atoms with Gasteiger partial charge >= 0.3 is 0 Å². The van der Waals surface area contributed by atoms with E-state index in [1.165, 1.54) is 0 Å². The van der Waals surface area contributed by atoms with Gasteiger partial charge in [-0.1, -0.05) is 0 Å². The topological polar surface area (TPSA) is 20.3 Å². The predicted octanol–water partition coefficient (Wildman–Crippen LogP) is 2.41. The third-order valence-corrected chi connectivity index (χ3v) is 2.73. The molecule has 1 aromatic rings. The van der Waals surface area contributed by atoms with Gasteiger partial charge in [0.25, 0.3) is 0 Å². The van der Waals surface area contributed by atoms with Crippen LogP contribution < -0.4 is 4.90 Å². The molecule has 2 nitrogen and oxygen atoms in total. The summed E-state index contributed by atoms with van der Waals surface area (Å²) in [5.41, 5.74) is -0.727. The lowest BCUT2D eigenvalue weighted by molar-refractivity contribution is -0.119. The fraction of sp³-hybridized carbons (Fsp3) is 0.364. The van der Waals surface area contributed by atoms with E-state index in [4.69, 9.17) is 0 Å². The van der Waals surface area contributed by atoms with Crippen molar-refractivity contribution >= 4 is 11.5 Å². The van der Waals surface area contributed by atoms with Crippen LogP contribution in [-0.2, 0) is 4.79 Å². The first-order chi connectivity index (χ1) is 8.00. The van der Waals surface area contributed by atoms with Gasteiger partial charge in [0.1, 0.15) is 11.5 Å². The second kappa shape index (κ2) is 4.35. The zero-order valence-electron chi connectivity index (χ0n) is 8.77. The summed E-state index contributed by atoms with van der Waals surface area (Å²) < 4.78 is 52.8. The van der Waals surface area contributed by atoms with Crippen molar-refractivity contribution in [3.63, 3.8) is 0 Å². The van der Waals surface area contributed by atoms with Crippen molar-refractivity contribution in [3.05, 3.63) is 29.3 Å². The number of Topliss-reactive ketones (excluding diaryl/α,β-unsaturated/α-hetero) is 1. The Morgan fingerprint density at radius 3 is 1.88 bits per heavy atom. The minimum absolute atomic E-state index is 0.0288. The molecular weight excluding hydrogens is 238 g/mol. The van der Waals surface area contributed by atoms with Crippen LogP contribution in [0.4, 0.5) is 23.2 Å². The van der Waals surface area contributed by atoms with Crippen LogP contribution in [0, 0.1) is 23.3 Å². The lowest BCUT2D eigenvalue weighted by Crippen LogP contribution is -2.35. The van der Waals surface area contributed by atoms with Crippen LogP contribution in [0.5, 0.6) is 0 Å². The third kappa shape index (κ3) is 2.11. The highest BCUT2D eigenvalue weighted by atomic mass is 19.2. The number of anilines is 1. The number of benzene rings is 1. The second-order valence-electron chi connectivity index (χ2n) is 3.84. The maximum Gasteiger partial charge on any atom is 0.185 e. The summed E-state index contributed by atoms with van der Waals surface area (Å²) in [5, 5.41) is 0. The van der Waals surface area contributed by atoms with E-state index in [0.717, 1.165) is 4.90 Å². The summed E-state index contributed by atoms with van der Waals surface area (Å²) in [6.45, 7) is 0.130. The standard InChI is InChI=1S/C11H9F4NO/c12-7-5-8(13)10(15)11(9(7)14)16-3-1-6(17)2-4-16/h5H,1-4H2. The number of hydrogen-bond donors (Lipinski definition) is 0. The number of carbonyl (C=O) groups is 1. The Morgan fingerprint density at radius 1 is 0.941 bits per heavy atom. The van der Waals surface area contributed by atoms with Crippen molar-refractivity contribution in [2.75, 3.05) is 18.0 Å². The fourth-order valence-corrected chi connectivity index (χ4v) is 1.82. The van der Waals surface area contributed by atoms with Crippen molar-refractivity contribution in [3.8, 4) is 0 Å². The molecule has 0 bridgehead atoms. The van der Waals surface area contributed by atoms with Crippen molar-refractivity contribution in [2.24, 2.45) is 0 Å². The largest absolute Gasteiger partial charge is 0.366 e. The van der Waals surface area contributed by atoms with E-state index >= 15 is 0 Å². The minimum atomic E-state index is -1.43. The van der Waals surface area contributed by atoms with Crippen molar-refractivity contribution in [1.29, 1.82) is 0 Å². The molecule has 1 heterocycles. The Kier molecular flexibility index (Phi) is 3.04. The Balaban J connectivity index is 2.41. The number of carbonyl (C=O) groups excluding carboxylic acids is 1. The molecule has 0 radical (unpaired) electrons. The van der Waals surface area contributed by atoms with Crippen molar-refractivity contribution in [1.82, 2.24) is 0 Å². The summed E-state index contributed by atoms with van der Waals surface area (Å²) in [7, 11) is 0. The van der Waals surface area contributed by atoms with Gasteiger partial charge in [-0.05, 0) is 0 Å². The average molecular weight is 247 g/mol. The summed E-state index contributed by atoms with van der Waals surface area (Å²) in [6.07, 6.45) is 0.244. The first-order valence-electron chi connectivity index (χ1n) is 5.10. The van der Waals surface area contributed by atoms with E-state index in [9.17, 15) is 22.4 Å². The summed E-state index contributed by atoms with van der Waals surface area (Å²) in [6, 6.07) is 0.170. The molecular formula is C11H9F4NO. The normalized spacial score (nSPS) is 16.5. The van der Waals surface area contributed by atoms with Gasteiger partial charge in [0.05, 0.1) is 0 Å². The van der Waals surface area contributed by atoms with Crippen LogP contribution in [0.3, 0.4) is 0 Å². The van der Waals surface area contributed by atoms with Crippen LogP contribution in [0.15, 0.2) is 6.07 Å². The Labute approximate surface area is 94.8 Å². The lowest BCUT2D eigenvalue weighted by Gasteiger charge is -2.28. The lowest BCUT2D eigenvalue weighted by atomic mass is 10.1. The van der Waals surface area contributed by atoms with Crippen LogP contribution in [0.25, 0.3) is 0 Å². The van der Waals surface area contributed by atoms with Gasteiger partial charge in [-0.2, -0.15) is 0 Å². The van der Waals surface area contributed by atoms with Crippen LogP contribution in [-0.4, -0.2) is 18.9 Å². The van der Waals surface area contributed by atoms with Crippen LogP contribution in [0.2, 0.25) is 0 Å². The number of nitrogens with zero attached hydrogens (tertiary/aromatic N) is 1. The number of hydrogen-bond acceptors (Lipinski definition) is 2. The molecule has 2 rings (SSSR count). The third-order valence-electron chi connectivity index (χ3n) is 2.73. The number of halogens is 4. The maximum absolute atomic E-state index is 13.4. The number of ketones is 1. The molecule has 0 saturated carbocycles. The summed E-state index contributed by atoms with van der Waals surface area (Å²) in [5.74, 6) is -5.73. The van der Waals surface area contributed by atoms with Gasteiger partial charge in [-0.3, -0.25) is 4.79 Å². The first-order valence-corrected chi connectivity index (χ1v) is 5.10. The molecule has 1 aliphatic heterocycles. The Hall–Kier alpha value is -1.59. The minimum Gasteiger partial charge on any atom is -0.366 e. The Bertz CT molecular complexity index is 439. The van der Waals surface area contributed by atoms with Gasteiger partial charge in [0.15, 0.2) is 23.3 Å². The van der Waals surface area contributed by atoms with E-state index in [-0.39, 0.29) is 37.8 Å². The molecule has 0 amide bonds. The summed E-state index contributed by atoms with van der Waals surface area (Å²) in [4.78, 5) is 12.1. The van der Waals surface area contributed by atoms with Crippen LogP contribution >= 0.6 is 0 Å². The van der Waals surface area contributed by atoms with E-state index < -0.39 is 29.0 Å². The van der Waals surface area contributed by atoms with E-state index in [1.807, 2.05) is 0 Å². The molecule has 0 N–H and O–H groups in total. The molecule has 0 aliphatic carbocycles. The monoisotopic (exact) mass is 247 g/mol. The van der Waals surface area contributed by atoms with E-state index in [1.54, 1.807) is 0 Å².